The summed E-state index contributed by atoms with van der Waals surface area (Å²) in [5, 5.41) is 18.1. The van der Waals surface area contributed by atoms with E-state index in [-0.39, 0.29) is 30.5 Å². The van der Waals surface area contributed by atoms with Gasteiger partial charge in [0.15, 0.2) is 0 Å². The maximum Gasteiger partial charge on any atom is 0.303 e. The van der Waals surface area contributed by atoms with Crippen molar-refractivity contribution in [2.45, 2.75) is 70.2 Å². The van der Waals surface area contributed by atoms with Crippen LogP contribution in [0.1, 0.15) is 51.9 Å². The number of hydrogen-bond donors (Lipinski definition) is 2. The first-order valence-corrected chi connectivity index (χ1v) is 10.1. The first-order chi connectivity index (χ1) is 13.7. The molecule has 6 heteroatoms. The van der Waals surface area contributed by atoms with E-state index in [2.05, 4.69) is 36.1 Å². The number of fused-ring (bicyclic) bond motifs is 2. The van der Waals surface area contributed by atoms with Crippen LogP contribution < -0.4 is 0 Å². The van der Waals surface area contributed by atoms with E-state index in [1.165, 1.54) is 0 Å². The molecular formula is C22H32O6. The zero-order valence-corrected chi connectivity index (χ0v) is 16.5. The van der Waals surface area contributed by atoms with Crippen LogP contribution in [0.3, 0.4) is 0 Å². The highest BCUT2D eigenvalue weighted by Crippen LogP contribution is 2.45. The topological polar surface area (TPSA) is 85.2 Å². The van der Waals surface area contributed by atoms with Gasteiger partial charge < -0.3 is 5.11 Å². The van der Waals surface area contributed by atoms with E-state index in [9.17, 15) is 4.79 Å². The second-order valence-electron chi connectivity index (χ2n) is 7.24. The normalized spacial score (nSPS) is 28.5. The van der Waals surface area contributed by atoms with Crippen LogP contribution in [-0.2, 0) is 19.5 Å². The molecule has 0 spiro atoms. The average molecular weight is 392 g/mol. The molecule has 1 saturated heterocycles. The second-order valence-corrected chi connectivity index (χ2v) is 7.24. The average Bonchev–Trinajstić information content (AvgIpc) is 3.29. The summed E-state index contributed by atoms with van der Waals surface area (Å²) < 4.78 is 0. The maximum absolute atomic E-state index is 10.9. The first-order valence-electron chi connectivity index (χ1n) is 10.1. The first kappa shape index (κ1) is 22.6. The number of hydrogen-bond acceptors (Lipinski definition) is 5. The van der Waals surface area contributed by atoms with Gasteiger partial charge in [-0.25, -0.2) is 14.7 Å². The number of carboxylic acid groups (broad SMARTS) is 1. The van der Waals surface area contributed by atoms with Crippen LogP contribution in [0.2, 0.25) is 0 Å². The molecular weight excluding hydrogens is 360 g/mol. The van der Waals surface area contributed by atoms with Crippen molar-refractivity contribution >= 4 is 5.97 Å². The predicted octanol–water partition coefficient (Wildman–Crippen LogP) is 4.85. The van der Waals surface area contributed by atoms with E-state index in [1.54, 1.807) is 0 Å². The maximum atomic E-state index is 10.9. The molecule has 0 aromatic heterocycles. The van der Waals surface area contributed by atoms with Gasteiger partial charge >= 0.3 is 5.97 Å². The summed E-state index contributed by atoms with van der Waals surface area (Å²) in [5.74, 6) is -0.602. The third kappa shape index (κ3) is 7.36. The molecule has 2 aliphatic rings. The van der Waals surface area contributed by atoms with Crippen LogP contribution in [-0.4, -0.2) is 34.6 Å². The number of allylic oxidation sites excluding steroid dienone is 5. The molecule has 28 heavy (non-hydrogen) atoms. The van der Waals surface area contributed by atoms with Crippen LogP contribution >= 0.6 is 0 Å². The molecule has 1 aliphatic carbocycles. The van der Waals surface area contributed by atoms with E-state index in [0.717, 1.165) is 25.7 Å². The summed E-state index contributed by atoms with van der Waals surface area (Å²) in [6.07, 6.45) is 20.7. The lowest BCUT2D eigenvalue weighted by Gasteiger charge is -2.27. The Kier molecular flexibility index (Phi) is 10.2. The third-order valence-corrected chi connectivity index (χ3v) is 5.19. The number of carboxylic acids is 1. The van der Waals surface area contributed by atoms with Gasteiger partial charge in [-0.3, -0.25) is 10.1 Å². The molecule has 2 bridgehead atoms. The Hall–Kier alpha value is -1.73. The highest BCUT2D eigenvalue weighted by Gasteiger charge is 2.49. The molecule has 156 valence electrons. The molecule has 0 aromatic rings. The fraction of sp³-hybridized carbons (Fsp3) is 0.591. The smallest absolute Gasteiger partial charge is 0.303 e. The van der Waals surface area contributed by atoms with Crippen molar-refractivity contribution in [2.24, 2.45) is 11.8 Å². The summed E-state index contributed by atoms with van der Waals surface area (Å²) in [4.78, 5) is 26.0. The Balaban J connectivity index is 1.77. The molecule has 6 nitrogen and oxygen atoms in total. The van der Waals surface area contributed by atoms with Crippen LogP contribution in [0.4, 0.5) is 0 Å². The zero-order chi connectivity index (χ0) is 20.2. The molecule has 2 fully saturated rings. The molecule has 5 atom stereocenters. The predicted molar refractivity (Wildman–Crippen MR) is 106 cm³/mol. The number of aliphatic carboxylic acids is 1. The SMILES string of the molecule is CC/C=C\C/C=C\C/C=C\C[C@@H](/C=C/[C@@H]1[C@H](CCC(=O)O)[C@@H]2C[C@H]1OO2)OO. The Labute approximate surface area is 167 Å². The van der Waals surface area contributed by atoms with Crippen LogP contribution in [0.25, 0.3) is 0 Å². The molecule has 0 unspecified atom stereocenters. The number of carbonyl (C=O) groups is 1. The van der Waals surface area contributed by atoms with Crippen molar-refractivity contribution in [3.05, 3.63) is 48.6 Å². The minimum Gasteiger partial charge on any atom is -0.481 e. The van der Waals surface area contributed by atoms with Crippen molar-refractivity contribution < 1.29 is 29.8 Å². The van der Waals surface area contributed by atoms with Crippen LogP contribution in [0, 0.1) is 11.8 Å². The Morgan fingerprint density at radius 3 is 2.46 bits per heavy atom. The van der Waals surface area contributed by atoms with Crippen LogP contribution in [0.15, 0.2) is 48.6 Å². The quantitative estimate of drug-likeness (QED) is 0.265. The lowest BCUT2D eigenvalue weighted by atomic mass is 9.88. The van der Waals surface area contributed by atoms with Crippen molar-refractivity contribution in [1.82, 2.24) is 0 Å². The van der Waals surface area contributed by atoms with Gasteiger partial charge in [0, 0.05) is 18.8 Å². The van der Waals surface area contributed by atoms with Gasteiger partial charge in [0.2, 0.25) is 0 Å². The summed E-state index contributed by atoms with van der Waals surface area (Å²) in [7, 11) is 0. The van der Waals surface area contributed by atoms with Crippen molar-refractivity contribution in [3.8, 4) is 0 Å². The fourth-order valence-electron chi connectivity index (χ4n) is 3.72. The molecule has 0 amide bonds. The monoisotopic (exact) mass is 392 g/mol. The summed E-state index contributed by atoms with van der Waals surface area (Å²) in [5.41, 5.74) is 0. The minimum atomic E-state index is -0.802. The van der Waals surface area contributed by atoms with Crippen molar-refractivity contribution in [1.29, 1.82) is 0 Å². The summed E-state index contributed by atoms with van der Waals surface area (Å²) in [6.45, 7) is 2.12. The summed E-state index contributed by atoms with van der Waals surface area (Å²) >= 11 is 0. The second kappa shape index (κ2) is 12.7. The zero-order valence-electron chi connectivity index (χ0n) is 16.5. The number of rotatable bonds is 13. The van der Waals surface area contributed by atoms with E-state index < -0.39 is 12.1 Å². The van der Waals surface area contributed by atoms with Gasteiger partial charge in [0.1, 0.15) is 12.2 Å². The molecule has 1 heterocycles. The van der Waals surface area contributed by atoms with E-state index in [0.29, 0.717) is 12.8 Å². The molecule has 1 aliphatic heterocycles. The fourth-order valence-corrected chi connectivity index (χ4v) is 3.72. The standard InChI is InChI=1S/C22H32O6/c1-2-3-4-5-6-7-8-9-10-11-17(26-25)12-13-18-19(14-15-22(23)24)21-16-20(18)27-28-21/h3-4,6-7,9-10,12-13,17-21,25H,2,5,8,11,14-16H2,1H3,(H,23,24)/b4-3-,7-6-,10-9-,13-12+/t17-,18+,19-,20+,21-/m0/s1. The van der Waals surface area contributed by atoms with Gasteiger partial charge in [-0.1, -0.05) is 55.5 Å². The third-order valence-electron chi connectivity index (χ3n) is 5.19. The van der Waals surface area contributed by atoms with E-state index in [4.69, 9.17) is 20.1 Å². The van der Waals surface area contributed by atoms with E-state index >= 15 is 0 Å². The summed E-state index contributed by atoms with van der Waals surface area (Å²) in [6, 6.07) is 0. The Morgan fingerprint density at radius 1 is 1.11 bits per heavy atom. The van der Waals surface area contributed by atoms with Gasteiger partial charge in [-0.05, 0) is 38.0 Å². The molecule has 0 radical (unpaired) electrons. The molecule has 1 saturated carbocycles. The minimum absolute atomic E-state index is 0.0497. The highest BCUT2D eigenvalue weighted by molar-refractivity contribution is 5.66. The van der Waals surface area contributed by atoms with Crippen molar-refractivity contribution in [3.63, 3.8) is 0 Å². The van der Waals surface area contributed by atoms with Crippen molar-refractivity contribution in [2.75, 3.05) is 0 Å². The van der Waals surface area contributed by atoms with Gasteiger partial charge in [0.05, 0.1) is 6.10 Å². The molecule has 0 aromatic carbocycles. The van der Waals surface area contributed by atoms with Gasteiger partial charge in [0.25, 0.3) is 0 Å². The largest absolute Gasteiger partial charge is 0.481 e. The highest BCUT2D eigenvalue weighted by atomic mass is 17.2. The lowest BCUT2D eigenvalue weighted by molar-refractivity contribution is -0.337. The molecule has 2 rings (SSSR count). The van der Waals surface area contributed by atoms with Gasteiger partial charge in [-0.2, -0.15) is 0 Å². The Morgan fingerprint density at radius 2 is 1.79 bits per heavy atom. The van der Waals surface area contributed by atoms with Crippen LogP contribution in [0.5, 0.6) is 0 Å². The Bertz CT molecular complexity index is 580. The van der Waals surface area contributed by atoms with Gasteiger partial charge in [-0.15, -0.1) is 0 Å². The lowest BCUT2D eigenvalue weighted by Crippen LogP contribution is -2.29. The van der Waals surface area contributed by atoms with E-state index in [1.807, 2.05) is 24.3 Å². The molecule has 2 N–H and O–H groups in total.